The number of aliphatic imine (C=N–C) groups is 2. The molecule has 0 aromatic carbocycles. The van der Waals surface area contributed by atoms with Crippen molar-refractivity contribution in [1.82, 2.24) is 20.2 Å². The number of aromatic nitrogens is 2. The molecule has 0 saturated heterocycles. The number of hydrazine groups is 1. The highest BCUT2D eigenvalue weighted by atomic mass is 16.5. The molecule has 4 atom stereocenters. The minimum Gasteiger partial charge on any atom is -0.478 e. The molecule has 8 heteroatoms. The number of aryl methyl sites for hydroxylation is 1. The van der Waals surface area contributed by atoms with Crippen molar-refractivity contribution in [2.45, 2.75) is 45.2 Å². The maximum absolute atomic E-state index is 11.5. The van der Waals surface area contributed by atoms with Gasteiger partial charge in [-0.1, -0.05) is 6.92 Å². The Balaban J connectivity index is 1.55. The molecule has 0 spiro atoms. The van der Waals surface area contributed by atoms with Gasteiger partial charge in [-0.25, -0.2) is 5.01 Å². The van der Waals surface area contributed by atoms with E-state index < -0.39 is 0 Å². The van der Waals surface area contributed by atoms with Gasteiger partial charge in [0.25, 0.3) is 0 Å². The summed E-state index contributed by atoms with van der Waals surface area (Å²) in [5.41, 5.74) is 4.41. The lowest BCUT2D eigenvalue weighted by molar-refractivity contribution is -0.102. The van der Waals surface area contributed by atoms with E-state index in [1.807, 2.05) is 27.3 Å². The third-order valence-electron chi connectivity index (χ3n) is 5.71. The molecule has 1 N–H and O–H groups in total. The molecule has 1 aromatic rings. The van der Waals surface area contributed by atoms with Crippen LogP contribution in [-0.4, -0.2) is 59.7 Å². The van der Waals surface area contributed by atoms with E-state index in [-0.39, 0.29) is 0 Å². The van der Waals surface area contributed by atoms with Gasteiger partial charge >= 0.3 is 0 Å². The Hall–Kier alpha value is -2.48. The van der Waals surface area contributed by atoms with E-state index in [1.54, 1.807) is 22.0 Å². The minimum atomic E-state index is 0.332. The van der Waals surface area contributed by atoms with Gasteiger partial charge in [0.15, 0.2) is 6.29 Å². The first kappa shape index (κ1) is 22.2. The molecule has 164 valence electrons. The van der Waals surface area contributed by atoms with Crippen LogP contribution in [0.4, 0.5) is 0 Å². The fourth-order valence-electron chi connectivity index (χ4n) is 3.85. The predicted octanol–water partition coefficient (Wildman–Crippen LogP) is 2.38. The Morgan fingerprint density at radius 1 is 1.43 bits per heavy atom. The maximum atomic E-state index is 11.5. The van der Waals surface area contributed by atoms with E-state index in [0.717, 1.165) is 18.3 Å². The van der Waals surface area contributed by atoms with Crippen molar-refractivity contribution in [2.24, 2.45) is 34.8 Å². The Bertz CT molecular complexity index is 797. The molecule has 1 aliphatic carbocycles. The lowest BCUT2D eigenvalue weighted by Gasteiger charge is -2.22. The van der Waals surface area contributed by atoms with Crippen molar-refractivity contribution in [3.05, 3.63) is 29.9 Å². The molecule has 3 rings (SSSR count). The van der Waals surface area contributed by atoms with Crippen LogP contribution < -0.4 is 5.43 Å². The van der Waals surface area contributed by atoms with Crippen LogP contribution in [0, 0.1) is 17.8 Å². The van der Waals surface area contributed by atoms with Crippen molar-refractivity contribution in [1.29, 1.82) is 0 Å². The van der Waals surface area contributed by atoms with Crippen LogP contribution in [0.1, 0.15) is 38.2 Å². The second-order valence-corrected chi connectivity index (χ2v) is 8.48. The van der Waals surface area contributed by atoms with Crippen LogP contribution in [0.15, 0.2) is 34.3 Å². The van der Waals surface area contributed by atoms with E-state index in [4.69, 9.17) is 9.73 Å². The molecule has 2 aliphatic rings. The number of hydrogen-bond donors (Lipinski definition) is 1. The van der Waals surface area contributed by atoms with Crippen molar-refractivity contribution in [3.63, 3.8) is 0 Å². The van der Waals surface area contributed by atoms with Gasteiger partial charge in [0.2, 0.25) is 5.88 Å². The lowest BCUT2D eigenvalue weighted by atomic mass is 9.93. The predicted molar refractivity (Wildman–Crippen MR) is 118 cm³/mol. The van der Waals surface area contributed by atoms with Gasteiger partial charge in [0.05, 0.1) is 25.4 Å². The minimum absolute atomic E-state index is 0.332. The molecular formula is C22H34N6O2. The summed E-state index contributed by atoms with van der Waals surface area (Å²) in [6.45, 7) is 3.25. The first-order valence-corrected chi connectivity index (χ1v) is 10.8. The molecule has 0 bridgehead atoms. The number of allylic oxidation sites excluding steroid dienone is 1. The smallest absolute Gasteiger partial charge is 0.203 e. The summed E-state index contributed by atoms with van der Waals surface area (Å²) in [5.74, 6) is 2.32. The summed E-state index contributed by atoms with van der Waals surface area (Å²) >= 11 is 0. The van der Waals surface area contributed by atoms with Crippen molar-refractivity contribution in [2.75, 3.05) is 20.7 Å². The molecule has 8 nitrogen and oxygen atoms in total. The Kier molecular flexibility index (Phi) is 7.79. The molecule has 2 heterocycles. The second kappa shape index (κ2) is 10.5. The lowest BCUT2D eigenvalue weighted by Crippen LogP contribution is -2.31. The molecule has 1 aromatic heterocycles. The fraction of sp³-hybridized carbons (Fsp3) is 0.636. The van der Waals surface area contributed by atoms with Crippen molar-refractivity contribution >= 4 is 18.2 Å². The number of carbonyl (C=O) groups excluding carboxylic acids is 1. The van der Waals surface area contributed by atoms with Gasteiger partial charge in [-0.2, -0.15) is 5.10 Å². The van der Waals surface area contributed by atoms with E-state index in [1.165, 1.54) is 19.3 Å². The van der Waals surface area contributed by atoms with Crippen LogP contribution >= 0.6 is 0 Å². The van der Waals surface area contributed by atoms with Gasteiger partial charge in [0, 0.05) is 45.2 Å². The highest BCUT2D eigenvalue weighted by Crippen LogP contribution is 2.45. The number of nitrogens with zero attached hydrogens (tertiary/aromatic N) is 5. The van der Waals surface area contributed by atoms with Gasteiger partial charge in [0.1, 0.15) is 5.71 Å². The number of hydrogen-bond acceptors (Lipinski definition) is 7. The number of ether oxygens (including phenoxy) is 1. The molecule has 0 amide bonds. The van der Waals surface area contributed by atoms with Crippen molar-refractivity contribution < 1.29 is 9.53 Å². The number of rotatable bonds is 11. The number of aldehydes is 1. The highest BCUT2D eigenvalue weighted by Gasteiger charge is 2.44. The van der Waals surface area contributed by atoms with E-state index in [9.17, 15) is 4.79 Å². The Morgan fingerprint density at radius 3 is 2.87 bits per heavy atom. The molecule has 0 radical (unpaired) electrons. The quantitative estimate of drug-likeness (QED) is 0.260. The van der Waals surface area contributed by atoms with Crippen LogP contribution in [0.3, 0.4) is 0 Å². The zero-order valence-corrected chi connectivity index (χ0v) is 18.5. The molecule has 2 unspecified atom stereocenters. The number of carbonyl (C=O) groups is 1. The maximum Gasteiger partial charge on any atom is 0.203 e. The summed E-state index contributed by atoms with van der Waals surface area (Å²) in [6, 6.07) is 0.446. The van der Waals surface area contributed by atoms with Crippen LogP contribution in [0.25, 0.3) is 0 Å². The Morgan fingerprint density at radius 2 is 2.27 bits per heavy atom. The highest BCUT2D eigenvalue weighted by molar-refractivity contribution is 6.33. The third kappa shape index (κ3) is 6.52. The Labute approximate surface area is 179 Å². The monoisotopic (exact) mass is 414 g/mol. The molecule has 1 saturated carbocycles. The van der Waals surface area contributed by atoms with Gasteiger partial charge < -0.3 is 4.74 Å². The molecular weight excluding hydrogens is 380 g/mol. The zero-order valence-electron chi connectivity index (χ0n) is 18.5. The van der Waals surface area contributed by atoms with E-state index >= 15 is 0 Å². The molecule has 30 heavy (non-hydrogen) atoms. The van der Waals surface area contributed by atoms with Crippen LogP contribution in [-0.2, 0) is 23.1 Å². The van der Waals surface area contributed by atoms with E-state index in [2.05, 4.69) is 28.7 Å². The average Bonchev–Trinajstić information content (AvgIpc) is 3.40. The summed E-state index contributed by atoms with van der Waals surface area (Å²) in [5, 5.41) is 5.91. The topological polar surface area (TPSA) is 84.1 Å². The standard InChI is InChI=1S/C22H34N6O2/c1-5-16-6-7-21(24-10-16)20-8-18(20)15-30-22(26-27(2)3)9-19(14-29)23-11-17-12-25-28(4)13-17/h9-10,12-14,16,18,20-21,26H,5-8,11,15H2,1-4H3/t16?,18-,20?,21-/m1/s1. The van der Waals surface area contributed by atoms with Crippen LogP contribution in [0.2, 0.25) is 0 Å². The van der Waals surface area contributed by atoms with Gasteiger partial charge in [-0.15, -0.1) is 0 Å². The SMILES string of the molecule is CCC1C=N[C@@H](C2C[C@@H]2COC(=CC(C=O)=NCc2cnn(C)c2)NN(C)C)CC1. The van der Waals surface area contributed by atoms with Crippen LogP contribution in [0.5, 0.6) is 0 Å². The molecule has 1 fully saturated rings. The third-order valence-corrected chi connectivity index (χ3v) is 5.71. The summed E-state index contributed by atoms with van der Waals surface area (Å²) < 4.78 is 7.75. The van der Waals surface area contributed by atoms with Gasteiger partial charge in [-0.3, -0.25) is 24.9 Å². The largest absolute Gasteiger partial charge is 0.478 e. The van der Waals surface area contributed by atoms with Crippen molar-refractivity contribution in [3.8, 4) is 0 Å². The number of nitrogens with one attached hydrogen (secondary N) is 1. The summed E-state index contributed by atoms with van der Waals surface area (Å²) in [6.07, 6.45) is 13.0. The first-order chi connectivity index (χ1) is 14.5. The summed E-state index contributed by atoms with van der Waals surface area (Å²) in [7, 11) is 5.61. The van der Waals surface area contributed by atoms with Gasteiger partial charge in [-0.05, 0) is 43.4 Å². The molecule has 1 aliphatic heterocycles. The second-order valence-electron chi connectivity index (χ2n) is 8.48. The zero-order chi connectivity index (χ0) is 21.5. The summed E-state index contributed by atoms with van der Waals surface area (Å²) in [4.78, 5) is 20.7. The fourth-order valence-corrected chi connectivity index (χ4v) is 3.85. The first-order valence-electron chi connectivity index (χ1n) is 10.8. The normalized spacial score (nSPS) is 26.7. The average molecular weight is 415 g/mol. The van der Waals surface area contributed by atoms with E-state index in [0.29, 0.717) is 48.5 Å².